The largest absolute Gasteiger partial charge is 0.456 e. The number of carbonyl (C=O) groups excluding carboxylic acids is 3. The van der Waals surface area contributed by atoms with Crippen LogP contribution in [0.3, 0.4) is 0 Å². The summed E-state index contributed by atoms with van der Waals surface area (Å²) in [6.07, 6.45) is -2.34. The number of benzene rings is 1. The Balaban J connectivity index is 2.17. The quantitative estimate of drug-likeness (QED) is 0.423. The summed E-state index contributed by atoms with van der Waals surface area (Å²) in [5.41, 5.74) is 0.397. The molecule has 1 heterocycles. The standard InChI is InChI=1S/C16H17BrO6S/c1-9(18)21-13-12(8-24-15(17)14(13)22-10(2)19)23-16(20)11-6-4-3-5-7-11/h3-7,12-15H,8H2,1-2H3/t12-,13-,14+,15?/m0/s1. The highest BCUT2D eigenvalue weighted by atomic mass is 79.9. The molecule has 0 aliphatic carbocycles. The Labute approximate surface area is 152 Å². The molecule has 6 nitrogen and oxygen atoms in total. The van der Waals surface area contributed by atoms with E-state index in [-0.39, 0.29) is 4.16 Å². The summed E-state index contributed by atoms with van der Waals surface area (Å²) in [7, 11) is 0. The third kappa shape index (κ3) is 4.98. The number of alkyl halides is 1. The molecule has 4 atom stereocenters. The molecular weight excluding hydrogens is 400 g/mol. The SMILES string of the molecule is CC(=O)O[C@H]1[C@@H](OC(=O)c2ccccc2)CSC(Br)[C@@H]1OC(C)=O. The van der Waals surface area contributed by atoms with Gasteiger partial charge >= 0.3 is 17.9 Å². The average Bonchev–Trinajstić information content (AvgIpc) is 2.53. The number of thioether (sulfide) groups is 1. The van der Waals surface area contributed by atoms with Crippen LogP contribution in [0.4, 0.5) is 0 Å². The van der Waals surface area contributed by atoms with Crippen LogP contribution in [0.15, 0.2) is 30.3 Å². The van der Waals surface area contributed by atoms with Crippen LogP contribution in [0, 0.1) is 0 Å². The van der Waals surface area contributed by atoms with Crippen molar-refractivity contribution in [3.63, 3.8) is 0 Å². The van der Waals surface area contributed by atoms with Gasteiger partial charge in [-0.05, 0) is 12.1 Å². The Morgan fingerprint density at radius 2 is 1.58 bits per heavy atom. The van der Waals surface area contributed by atoms with Gasteiger partial charge in [0.15, 0.2) is 18.3 Å². The molecule has 1 unspecified atom stereocenters. The number of rotatable bonds is 4. The number of halogens is 1. The lowest BCUT2D eigenvalue weighted by atomic mass is 10.1. The van der Waals surface area contributed by atoms with Gasteiger partial charge in [0.25, 0.3) is 0 Å². The third-order valence-electron chi connectivity index (χ3n) is 3.24. The fraction of sp³-hybridized carbons (Fsp3) is 0.438. The summed E-state index contributed by atoms with van der Waals surface area (Å²) < 4.78 is 15.8. The van der Waals surface area contributed by atoms with Crippen molar-refractivity contribution in [1.82, 2.24) is 0 Å². The molecule has 1 aliphatic rings. The van der Waals surface area contributed by atoms with Gasteiger partial charge in [0, 0.05) is 19.6 Å². The van der Waals surface area contributed by atoms with Crippen molar-refractivity contribution >= 4 is 45.6 Å². The molecule has 0 saturated carbocycles. The molecule has 2 rings (SSSR count). The predicted molar refractivity (Wildman–Crippen MR) is 91.9 cm³/mol. The normalized spacial score (nSPS) is 26.3. The van der Waals surface area contributed by atoms with E-state index in [1.165, 1.54) is 25.6 Å². The van der Waals surface area contributed by atoms with E-state index in [0.29, 0.717) is 11.3 Å². The maximum Gasteiger partial charge on any atom is 0.338 e. The van der Waals surface area contributed by atoms with E-state index in [0.717, 1.165) is 0 Å². The van der Waals surface area contributed by atoms with Gasteiger partial charge in [0.2, 0.25) is 0 Å². The van der Waals surface area contributed by atoms with Gasteiger partial charge in [-0.1, -0.05) is 34.1 Å². The van der Waals surface area contributed by atoms with Gasteiger partial charge in [-0.2, -0.15) is 0 Å². The zero-order valence-corrected chi connectivity index (χ0v) is 15.5. The first kappa shape index (κ1) is 18.8. The second kappa shape index (κ2) is 8.53. The number of hydrogen-bond donors (Lipinski definition) is 0. The van der Waals surface area contributed by atoms with E-state index >= 15 is 0 Å². The lowest BCUT2D eigenvalue weighted by Gasteiger charge is -2.38. The number of hydrogen-bond acceptors (Lipinski definition) is 7. The second-order valence-electron chi connectivity index (χ2n) is 5.14. The van der Waals surface area contributed by atoms with E-state index < -0.39 is 36.2 Å². The summed E-state index contributed by atoms with van der Waals surface area (Å²) in [5.74, 6) is -1.15. The number of esters is 3. The van der Waals surface area contributed by atoms with Crippen molar-refractivity contribution in [2.75, 3.05) is 5.75 Å². The lowest BCUT2D eigenvalue weighted by molar-refractivity contribution is -0.172. The van der Waals surface area contributed by atoms with E-state index in [1.807, 2.05) is 0 Å². The van der Waals surface area contributed by atoms with E-state index in [4.69, 9.17) is 14.2 Å². The monoisotopic (exact) mass is 416 g/mol. The molecule has 0 amide bonds. The fourth-order valence-corrected chi connectivity index (χ4v) is 4.16. The van der Waals surface area contributed by atoms with Gasteiger partial charge in [-0.15, -0.1) is 11.8 Å². The first-order valence-electron chi connectivity index (χ1n) is 7.24. The molecule has 8 heteroatoms. The van der Waals surface area contributed by atoms with Crippen molar-refractivity contribution < 1.29 is 28.6 Å². The highest BCUT2D eigenvalue weighted by Crippen LogP contribution is 2.35. The Bertz CT molecular complexity index is 608. The summed E-state index contributed by atoms with van der Waals surface area (Å²) in [4.78, 5) is 35.0. The van der Waals surface area contributed by atoms with Crippen LogP contribution in [0.1, 0.15) is 24.2 Å². The highest BCUT2D eigenvalue weighted by Gasteiger charge is 2.45. The second-order valence-corrected chi connectivity index (χ2v) is 7.91. The molecule has 1 fully saturated rings. The van der Waals surface area contributed by atoms with Crippen LogP contribution in [0.25, 0.3) is 0 Å². The number of carbonyl (C=O) groups is 3. The van der Waals surface area contributed by atoms with Crippen LogP contribution in [-0.4, -0.2) is 46.1 Å². The molecular formula is C16H17BrO6S. The minimum Gasteiger partial charge on any atom is -0.456 e. The van der Waals surface area contributed by atoms with Gasteiger partial charge in [-0.25, -0.2) is 4.79 Å². The predicted octanol–water partition coefficient (Wildman–Crippen LogP) is 2.54. The van der Waals surface area contributed by atoms with Crippen LogP contribution in [0.2, 0.25) is 0 Å². The number of ether oxygens (including phenoxy) is 3. The van der Waals surface area contributed by atoms with Gasteiger partial charge < -0.3 is 14.2 Å². The van der Waals surface area contributed by atoms with Crippen LogP contribution in [-0.2, 0) is 23.8 Å². The Morgan fingerprint density at radius 1 is 1.00 bits per heavy atom. The zero-order valence-electron chi connectivity index (χ0n) is 13.1. The fourth-order valence-electron chi connectivity index (χ4n) is 2.26. The van der Waals surface area contributed by atoms with Gasteiger partial charge in [0.05, 0.1) is 5.56 Å². The van der Waals surface area contributed by atoms with Crippen LogP contribution in [0.5, 0.6) is 0 Å². The summed E-state index contributed by atoms with van der Waals surface area (Å²) >= 11 is 4.82. The molecule has 0 spiro atoms. The molecule has 1 saturated heterocycles. The van der Waals surface area contributed by atoms with Crippen molar-refractivity contribution in [2.24, 2.45) is 0 Å². The van der Waals surface area contributed by atoms with E-state index in [1.54, 1.807) is 30.3 Å². The maximum atomic E-state index is 12.3. The topological polar surface area (TPSA) is 78.9 Å². The van der Waals surface area contributed by atoms with Crippen LogP contribution < -0.4 is 0 Å². The molecule has 0 aromatic heterocycles. The van der Waals surface area contributed by atoms with Crippen molar-refractivity contribution in [1.29, 1.82) is 0 Å². The van der Waals surface area contributed by atoms with Crippen molar-refractivity contribution in [3.05, 3.63) is 35.9 Å². The van der Waals surface area contributed by atoms with Crippen molar-refractivity contribution in [3.8, 4) is 0 Å². The highest BCUT2D eigenvalue weighted by molar-refractivity contribution is 9.11. The van der Waals surface area contributed by atoms with Crippen molar-refractivity contribution in [2.45, 2.75) is 36.3 Å². The minimum atomic E-state index is -0.871. The Hall–Kier alpha value is -1.54. The minimum absolute atomic E-state index is 0.266. The maximum absolute atomic E-state index is 12.3. The summed E-state index contributed by atoms with van der Waals surface area (Å²) in [6.45, 7) is 2.53. The first-order chi connectivity index (χ1) is 11.4. The Kier molecular flexibility index (Phi) is 6.68. The summed E-state index contributed by atoms with van der Waals surface area (Å²) in [6, 6.07) is 8.52. The molecule has 1 aromatic rings. The molecule has 1 aliphatic heterocycles. The Morgan fingerprint density at radius 3 is 2.17 bits per heavy atom. The molecule has 24 heavy (non-hydrogen) atoms. The van der Waals surface area contributed by atoms with E-state index in [9.17, 15) is 14.4 Å². The summed E-state index contributed by atoms with van der Waals surface area (Å²) in [5, 5.41) is 0. The molecule has 130 valence electrons. The zero-order chi connectivity index (χ0) is 17.7. The molecule has 0 radical (unpaired) electrons. The average molecular weight is 417 g/mol. The van der Waals surface area contributed by atoms with Gasteiger partial charge in [0.1, 0.15) is 4.16 Å². The molecule has 0 bridgehead atoms. The molecule has 0 N–H and O–H groups in total. The first-order valence-corrected chi connectivity index (χ1v) is 9.21. The van der Waals surface area contributed by atoms with Gasteiger partial charge in [-0.3, -0.25) is 9.59 Å². The van der Waals surface area contributed by atoms with Crippen LogP contribution >= 0.6 is 27.7 Å². The lowest BCUT2D eigenvalue weighted by Crippen LogP contribution is -2.52. The third-order valence-corrected chi connectivity index (χ3v) is 5.66. The molecule has 1 aromatic carbocycles. The smallest absolute Gasteiger partial charge is 0.338 e. The van der Waals surface area contributed by atoms with E-state index in [2.05, 4.69) is 15.9 Å².